The van der Waals surface area contributed by atoms with Crippen molar-refractivity contribution in [2.45, 2.75) is 50.4 Å². The Bertz CT molecular complexity index is 1380. The van der Waals surface area contributed by atoms with Crippen LogP contribution in [0.15, 0.2) is 48.8 Å². The number of hydrogen-bond donors (Lipinski definition) is 5. The summed E-state index contributed by atoms with van der Waals surface area (Å²) in [6.07, 6.45) is 4.16. The standard InChI is InChI=1S/C28H32N6O3S/c1-15-23(27-33-21-13-29-8-7-22(21)38-27)26(32-20-11-19(14-35)24(36)25(20)37)34-28(31-15)30-12-16-9-18(10-16)17-5-3-2-4-6-17/h2-8,13,16,18-20,24-25,35-37H,9-12,14H2,1H3,(H2,30,31,32,34)/t16-,18-,19-,20?,24-,25+/m1/s1. The number of hydrogen-bond acceptors (Lipinski definition) is 10. The van der Waals surface area contributed by atoms with E-state index in [2.05, 4.69) is 45.9 Å². The molecule has 198 valence electrons. The van der Waals surface area contributed by atoms with E-state index in [-0.39, 0.29) is 6.61 Å². The van der Waals surface area contributed by atoms with Gasteiger partial charge >= 0.3 is 0 Å². The van der Waals surface area contributed by atoms with Gasteiger partial charge in [-0.25, -0.2) is 9.97 Å². The van der Waals surface area contributed by atoms with E-state index in [0.717, 1.165) is 45.9 Å². The van der Waals surface area contributed by atoms with Crippen molar-refractivity contribution in [2.24, 2.45) is 11.8 Å². The molecule has 0 spiro atoms. The van der Waals surface area contributed by atoms with Gasteiger partial charge in [0.05, 0.1) is 34.3 Å². The number of fused-ring (bicyclic) bond motifs is 1. The summed E-state index contributed by atoms with van der Waals surface area (Å²) in [5.74, 6) is 1.84. The molecule has 0 amide bonds. The van der Waals surface area contributed by atoms with Crippen LogP contribution in [0.4, 0.5) is 11.8 Å². The number of aromatic nitrogens is 4. The maximum absolute atomic E-state index is 10.7. The lowest BCUT2D eigenvalue weighted by molar-refractivity contribution is 0.00446. The van der Waals surface area contributed by atoms with E-state index in [0.29, 0.717) is 30.0 Å². The number of aliphatic hydroxyl groups is 3. The van der Waals surface area contributed by atoms with Crippen LogP contribution in [0.3, 0.4) is 0 Å². The highest BCUT2D eigenvalue weighted by Gasteiger charge is 2.41. The quantitative estimate of drug-likeness (QED) is 0.231. The molecule has 2 fully saturated rings. The Hall–Kier alpha value is -3.18. The maximum atomic E-state index is 10.7. The predicted molar refractivity (Wildman–Crippen MR) is 148 cm³/mol. The van der Waals surface area contributed by atoms with Gasteiger partial charge < -0.3 is 26.0 Å². The number of nitrogens with one attached hydrogen (secondary N) is 2. The Morgan fingerprint density at radius 2 is 1.82 bits per heavy atom. The predicted octanol–water partition coefficient (Wildman–Crippen LogP) is 3.58. The minimum atomic E-state index is -1.02. The summed E-state index contributed by atoms with van der Waals surface area (Å²) in [6, 6.07) is 12.1. The van der Waals surface area contributed by atoms with Gasteiger partial charge in [-0.05, 0) is 49.7 Å². The number of rotatable bonds is 8. The molecule has 2 saturated carbocycles. The lowest BCUT2D eigenvalue weighted by Crippen LogP contribution is -2.36. The first-order valence-corrected chi connectivity index (χ1v) is 13.9. The molecule has 1 unspecified atom stereocenters. The molecule has 0 saturated heterocycles. The van der Waals surface area contributed by atoms with Crippen LogP contribution in [0.2, 0.25) is 0 Å². The monoisotopic (exact) mass is 532 g/mol. The van der Waals surface area contributed by atoms with Crippen molar-refractivity contribution in [3.63, 3.8) is 0 Å². The summed E-state index contributed by atoms with van der Waals surface area (Å²) in [7, 11) is 0. The second kappa shape index (κ2) is 10.5. The smallest absolute Gasteiger partial charge is 0.224 e. The van der Waals surface area contributed by atoms with Gasteiger partial charge in [-0.1, -0.05) is 30.3 Å². The zero-order valence-electron chi connectivity index (χ0n) is 21.2. The molecular formula is C28H32N6O3S. The van der Waals surface area contributed by atoms with Crippen LogP contribution < -0.4 is 10.6 Å². The molecule has 3 heterocycles. The van der Waals surface area contributed by atoms with Crippen LogP contribution in [0, 0.1) is 18.8 Å². The third-order valence-electron chi connectivity index (χ3n) is 7.91. The molecule has 0 aliphatic heterocycles. The molecule has 38 heavy (non-hydrogen) atoms. The first-order chi connectivity index (χ1) is 18.5. The number of benzene rings is 1. The molecule has 1 aromatic carbocycles. The van der Waals surface area contributed by atoms with Gasteiger partial charge in [0.25, 0.3) is 0 Å². The van der Waals surface area contributed by atoms with Gasteiger partial charge in [0.1, 0.15) is 22.4 Å². The van der Waals surface area contributed by atoms with Crippen molar-refractivity contribution in [3.05, 3.63) is 60.0 Å². The first-order valence-electron chi connectivity index (χ1n) is 13.1. The normalized spacial score (nSPS) is 26.8. The Morgan fingerprint density at radius 3 is 2.55 bits per heavy atom. The minimum Gasteiger partial charge on any atom is -0.396 e. The zero-order valence-corrected chi connectivity index (χ0v) is 22.0. The Balaban J connectivity index is 1.24. The summed E-state index contributed by atoms with van der Waals surface area (Å²) < 4.78 is 1.01. The fourth-order valence-corrected chi connectivity index (χ4v) is 6.69. The molecule has 4 aromatic rings. The minimum absolute atomic E-state index is 0.185. The summed E-state index contributed by atoms with van der Waals surface area (Å²) in [4.78, 5) is 18.5. The van der Waals surface area contributed by atoms with Gasteiger partial charge in [0, 0.05) is 25.3 Å². The highest BCUT2D eigenvalue weighted by Crippen LogP contribution is 2.42. The van der Waals surface area contributed by atoms with Crippen LogP contribution in [-0.4, -0.2) is 66.7 Å². The maximum Gasteiger partial charge on any atom is 0.224 e. The summed E-state index contributed by atoms with van der Waals surface area (Å²) in [6.45, 7) is 2.53. The van der Waals surface area contributed by atoms with Crippen LogP contribution in [0.1, 0.15) is 36.4 Å². The third-order valence-corrected chi connectivity index (χ3v) is 8.96. The fraction of sp³-hybridized carbons (Fsp3) is 0.429. The van der Waals surface area contributed by atoms with E-state index >= 15 is 0 Å². The van der Waals surface area contributed by atoms with Gasteiger partial charge in [-0.3, -0.25) is 4.98 Å². The van der Waals surface area contributed by atoms with E-state index in [1.165, 1.54) is 16.9 Å². The Labute approximate surface area is 225 Å². The molecule has 4 atom stereocenters. The topological polar surface area (TPSA) is 136 Å². The van der Waals surface area contributed by atoms with Crippen LogP contribution >= 0.6 is 11.3 Å². The summed E-state index contributed by atoms with van der Waals surface area (Å²) in [5, 5.41) is 38.2. The molecule has 0 radical (unpaired) electrons. The van der Waals surface area contributed by atoms with E-state index in [4.69, 9.17) is 15.0 Å². The Morgan fingerprint density at radius 1 is 1.00 bits per heavy atom. The molecule has 0 bridgehead atoms. The van der Waals surface area contributed by atoms with Crippen molar-refractivity contribution in [1.82, 2.24) is 19.9 Å². The molecule has 2 aliphatic rings. The van der Waals surface area contributed by atoms with Crippen molar-refractivity contribution < 1.29 is 15.3 Å². The fourth-order valence-electron chi connectivity index (χ4n) is 5.66. The van der Waals surface area contributed by atoms with Crippen molar-refractivity contribution in [3.8, 4) is 10.6 Å². The van der Waals surface area contributed by atoms with Gasteiger partial charge in [-0.2, -0.15) is 4.98 Å². The van der Waals surface area contributed by atoms with Crippen LogP contribution in [-0.2, 0) is 0 Å². The summed E-state index contributed by atoms with van der Waals surface area (Å²) >= 11 is 1.53. The molecule has 6 rings (SSSR count). The lowest BCUT2D eigenvalue weighted by atomic mass is 9.71. The molecule has 2 aliphatic carbocycles. The number of thiazole rings is 1. The van der Waals surface area contributed by atoms with Crippen molar-refractivity contribution in [2.75, 3.05) is 23.8 Å². The van der Waals surface area contributed by atoms with Crippen molar-refractivity contribution in [1.29, 1.82) is 0 Å². The highest BCUT2D eigenvalue weighted by molar-refractivity contribution is 7.21. The zero-order chi connectivity index (χ0) is 26.2. The molecular weight excluding hydrogens is 500 g/mol. The lowest BCUT2D eigenvalue weighted by Gasteiger charge is -2.35. The second-order valence-corrected chi connectivity index (χ2v) is 11.5. The number of aryl methyl sites for hydroxylation is 1. The third kappa shape index (κ3) is 4.84. The average molecular weight is 533 g/mol. The SMILES string of the molecule is Cc1nc(NC[C@H]2C[C@H](c3ccccc3)C2)nc(NC2C[C@H](CO)[C@@H](O)[C@H]2O)c1-c1nc2cnccc2s1. The number of anilines is 2. The van der Waals surface area contributed by atoms with Crippen LogP contribution in [0.25, 0.3) is 20.8 Å². The molecule has 3 aromatic heterocycles. The second-order valence-electron chi connectivity index (χ2n) is 10.5. The van der Waals surface area contributed by atoms with Crippen molar-refractivity contribution >= 4 is 33.3 Å². The average Bonchev–Trinajstić information content (AvgIpc) is 3.44. The van der Waals surface area contributed by atoms with Gasteiger partial charge in [0.2, 0.25) is 5.95 Å². The molecule has 10 heteroatoms. The van der Waals surface area contributed by atoms with Gasteiger partial charge in [0.15, 0.2) is 0 Å². The molecule has 5 N–H and O–H groups in total. The summed E-state index contributed by atoms with van der Waals surface area (Å²) in [5.41, 5.74) is 3.73. The number of nitrogens with zero attached hydrogens (tertiary/aromatic N) is 4. The van der Waals surface area contributed by atoms with Crippen LogP contribution in [0.5, 0.6) is 0 Å². The van der Waals surface area contributed by atoms with E-state index in [9.17, 15) is 15.3 Å². The highest BCUT2D eigenvalue weighted by atomic mass is 32.1. The van der Waals surface area contributed by atoms with E-state index in [1.54, 1.807) is 12.4 Å². The van der Waals surface area contributed by atoms with E-state index < -0.39 is 24.2 Å². The molecule has 9 nitrogen and oxygen atoms in total. The van der Waals surface area contributed by atoms with E-state index in [1.807, 2.05) is 13.0 Å². The first kappa shape index (κ1) is 25.1. The largest absolute Gasteiger partial charge is 0.396 e. The Kier molecular flexibility index (Phi) is 6.96. The van der Waals surface area contributed by atoms with Gasteiger partial charge in [-0.15, -0.1) is 11.3 Å². The number of aliphatic hydroxyl groups excluding tert-OH is 3. The number of pyridine rings is 1.